The zero-order valence-corrected chi connectivity index (χ0v) is 17.3. The summed E-state index contributed by atoms with van der Waals surface area (Å²) >= 11 is 0. The van der Waals surface area contributed by atoms with E-state index in [1.807, 2.05) is 54.7 Å². The number of carbonyl (C=O) groups excluding carboxylic acids is 2. The van der Waals surface area contributed by atoms with Crippen molar-refractivity contribution < 1.29 is 14.3 Å². The third-order valence-corrected chi connectivity index (χ3v) is 4.67. The Balaban J connectivity index is 1.27. The zero-order valence-electron chi connectivity index (χ0n) is 17.3. The molecule has 7 nitrogen and oxygen atoms in total. The fraction of sp³-hybridized carbons (Fsp3) is 0.0800. The predicted molar refractivity (Wildman–Crippen MR) is 122 cm³/mol. The maximum atomic E-state index is 12.4. The molecule has 0 bridgehead atoms. The first-order valence-corrected chi connectivity index (χ1v) is 10.1. The fourth-order valence-electron chi connectivity index (χ4n) is 3.05. The van der Waals surface area contributed by atoms with Crippen molar-refractivity contribution in [3.8, 4) is 11.4 Å². The highest BCUT2D eigenvalue weighted by atomic mass is 16.5. The maximum Gasteiger partial charge on any atom is 0.251 e. The van der Waals surface area contributed by atoms with Gasteiger partial charge in [-0.15, -0.1) is 0 Å². The highest BCUT2D eigenvalue weighted by molar-refractivity contribution is 5.99. The molecule has 4 aromatic rings. The van der Waals surface area contributed by atoms with E-state index in [1.54, 1.807) is 47.3 Å². The second-order valence-corrected chi connectivity index (χ2v) is 7.03. The van der Waals surface area contributed by atoms with Gasteiger partial charge in [0.1, 0.15) is 12.4 Å². The lowest BCUT2D eigenvalue weighted by Gasteiger charge is -2.10. The number of nitrogens with one attached hydrogen (secondary N) is 2. The van der Waals surface area contributed by atoms with Gasteiger partial charge >= 0.3 is 0 Å². The lowest BCUT2D eigenvalue weighted by molar-refractivity contribution is -0.115. The molecule has 7 heteroatoms. The maximum absolute atomic E-state index is 12.4. The van der Waals surface area contributed by atoms with Crippen LogP contribution in [-0.2, 0) is 11.4 Å². The second kappa shape index (κ2) is 10.1. The van der Waals surface area contributed by atoms with Gasteiger partial charge in [-0.2, -0.15) is 5.10 Å². The predicted octanol–water partition coefficient (Wildman–Crippen LogP) is 3.82. The van der Waals surface area contributed by atoms with Gasteiger partial charge in [-0.05, 0) is 54.1 Å². The molecule has 0 aliphatic carbocycles. The van der Waals surface area contributed by atoms with Crippen molar-refractivity contribution in [1.29, 1.82) is 0 Å². The third kappa shape index (κ3) is 5.60. The molecule has 0 fully saturated rings. The van der Waals surface area contributed by atoms with Crippen LogP contribution in [0.1, 0.15) is 15.9 Å². The van der Waals surface area contributed by atoms with Crippen LogP contribution in [0.3, 0.4) is 0 Å². The molecular formula is C25H22N4O3. The normalized spacial score (nSPS) is 10.4. The first-order valence-electron chi connectivity index (χ1n) is 10.1. The molecule has 0 aliphatic heterocycles. The molecule has 160 valence electrons. The molecule has 32 heavy (non-hydrogen) atoms. The molecule has 0 aliphatic rings. The molecule has 2 N–H and O–H groups in total. The third-order valence-electron chi connectivity index (χ3n) is 4.67. The summed E-state index contributed by atoms with van der Waals surface area (Å²) in [6, 6.07) is 25.8. The van der Waals surface area contributed by atoms with Crippen molar-refractivity contribution >= 4 is 17.5 Å². The molecule has 0 saturated carbocycles. The Morgan fingerprint density at radius 1 is 0.906 bits per heavy atom. The van der Waals surface area contributed by atoms with Crippen LogP contribution in [0.5, 0.6) is 5.75 Å². The van der Waals surface area contributed by atoms with Gasteiger partial charge in [0.15, 0.2) is 0 Å². The van der Waals surface area contributed by atoms with E-state index in [0.29, 0.717) is 23.6 Å². The number of aromatic nitrogens is 2. The molecule has 1 aromatic heterocycles. The van der Waals surface area contributed by atoms with Crippen molar-refractivity contribution in [2.75, 3.05) is 11.9 Å². The van der Waals surface area contributed by atoms with Crippen LogP contribution in [0.15, 0.2) is 97.3 Å². The van der Waals surface area contributed by atoms with Crippen molar-refractivity contribution in [3.63, 3.8) is 0 Å². The molecule has 4 rings (SSSR count). The molecule has 0 spiro atoms. The summed E-state index contributed by atoms with van der Waals surface area (Å²) in [5.74, 6) is -0.0794. The summed E-state index contributed by atoms with van der Waals surface area (Å²) < 4.78 is 7.48. The van der Waals surface area contributed by atoms with Gasteiger partial charge < -0.3 is 15.4 Å². The van der Waals surface area contributed by atoms with Gasteiger partial charge in [0.2, 0.25) is 5.91 Å². The number of hydrogen-bond acceptors (Lipinski definition) is 4. The van der Waals surface area contributed by atoms with E-state index in [-0.39, 0.29) is 18.4 Å². The van der Waals surface area contributed by atoms with Crippen molar-refractivity contribution in [3.05, 3.63) is 108 Å². The van der Waals surface area contributed by atoms with E-state index in [1.165, 1.54) is 0 Å². The van der Waals surface area contributed by atoms with E-state index in [2.05, 4.69) is 15.7 Å². The summed E-state index contributed by atoms with van der Waals surface area (Å²) in [5, 5.41) is 9.56. The zero-order chi connectivity index (χ0) is 22.2. The molecule has 0 saturated heterocycles. The van der Waals surface area contributed by atoms with Gasteiger partial charge in [-0.3, -0.25) is 9.59 Å². The number of rotatable bonds is 8. The first-order chi connectivity index (χ1) is 15.7. The summed E-state index contributed by atoms with van der Waals surface area (Å²) in [4.78, 5) is 24.7. The minimum absolute atomic E-state index is 0.144. The van der Waals surface area contributed by atoms with E-state index >= 15 is 0 Å². The van der Waals surface area contributed by atoms with Crippen LogP contribution in [0.4, 0.5) is 5.69 Å². The number of nitrogens with zero attached hydrogens (tertiary/aromatic N) is 2. The van der Waals surface area contributed by atoms with Crippen LogP contribution < -0.4 is 15.4 Å². The lowest BCUT2D eigenvalue weighted by Crippen LogP contribution is -2.32. The Labute approximate surface area is 185 Å². The van der Waals surface area contributed by atoms with Gasteiger partial charge in [0, 0.05) is 23.6 Å². The van der Waals surface area contributed by atoms with Gasteiger partial charge in [0.05, 0.1) is 12.2 Å². The van der Waals surface area contributed by atoms with E-state index < -0.39 is 0 Å². The molecule has 3 aromatic carbocycles. The average molecular weight is 426 g/mol. The number of anilines is 1. The van der Waals surface area contributed by atoms with Crippen LogP contribution in [-0.4, -0.2) is 28.1 Å². The summed E-state index contributed by atoms with van der Waals surface area (Å²) in [6.45, 7) is 0.266. The van der Waals surface area contributed by atoms with Crippen LogP contribution in [0, 0.1) is 0 Å². The Hall–Kier alpha value is -4.39. The van der Waals surface area contributed by atoms with Crippen molar-refractivity contribution in [2.45, 2.75) is 6.61 Å². The van der Waals surface area contributed by atoms with Crippen LogP contribution in [0.2, 0.25) is 0 Å². The Bertz CT molecular complexity index is 1170. The summed E-state index contributed by atoms with van der Waals surface area (Å²) in [5.41, 5.74) is 2.98. The number of hydrogen-bond donors (Lipinski definition) is 2. The SMILES string of the molecule is O=C(CNC(=O)c1cccc(OCc2ccccc2)c1)Nc1ccc(-n2cccn2)cc1. The molecule has 1 heterocycles. The molecular weight excluding hydrogens is 404 g/mol. The summed E-state index contributed by atoms with van der Waals surface area (Å²) in [7, 11) is 0. The number of ether oxygens (including phenoxy) is 1. The van der Waals surface area contributed by atoms with E-state index in [0.717, 1.165) is 11.3 Å². The van der Waals surface area contributed by atoms with Gasteiger partial charge in [-0.25, -0.2) is 4.68 Å². The largest absolute Gasteiger partial charge is 0.489 e. The van der Waals surface area contributed by atoms with Crippen LogP contribution >= 0.6 is 0 Å². The van der Waals surface area contributed by atoms with Gasteiger partial charge in [0.25, 0.3) is 5.91 Å². The monoisotopic (exact) mass is 426 g/mol. The number of carbonyl (C=O) groups is 2. The quantitative estimate of drug-likeness (QED) is 0.449. The molecule has 0 atom stereocenters. The molecule has 0 radical (unpaired) electrons. The topological polar surface area (TPSA) is 85.3 Å². The second-order valence-electron chi connectivity index (χ2n) is 7.03. The number of amides is 2. The van der Waals surface area contributed by atoms with E-state index in [9.17, 15) is 9.59 Å². The first kappa shape index (κ1) is 20.9. The highest BCUT2D eigenvalue weighted by Gasteiger charge is 2.10. The minimum Gasteiger partial charge on any atom is -0.489 e. The van der Waals surface area contributed by atoms with Crippen molar-refractivity contribution in [2.24, 2.45) is 0 Å². The van der Waals surface area contributed by atoms with Crippen molar-refractivity contribution in [1.82, 2.24) is 15.1 Å². The molecule has 0 unspecified atom stereocenters. The number of benzene rings is 3. The Morgan fingerprint density at radius 2 is 1.72 bits per heavy atom. The smallest absolute Gasteiger partial charge is 0.251 e. The highest BCUT2D eigenvalue weighted by Crippen LogP contribution is 2.16. The van der Waals surface area contributed by atoms with Crippen LogP contribution in [0.25, 0.3) is 5.69 Å². The van der Waals surface area contributed by atoms with Gasteiger partial charge in [-0.1, -0.05) is 36.4 Å². The Morgan fingerprint density at radius 3 is 2.47 bits per heavy atom. The Kier molecular flexibility index (Phi) is 6.57. The fourth-order valence-corrected chi connectivity index (χ4v) is 3.05. The average Bonchev–Trinajstić information content (AvgIpc) is 3.38. The summed E-state index contributed by atoms with van der Waals surface area (Å²) in [6.07, 6.45) is 3.54. The lowest BCUT2D eigenvalue weighted by atomic mass is 10.2. The van der Waals surface area contributed by atoms with E-state index in [4.69, 9.17) is 4.74 Å². The minimum atomic E-state index is -0.348. The molecule has 2 amide bonds. The standard InChI is InChI=1S/C25H22N4O3/c30-24(28-21-10-12-22(13-11-21)29-15-5-14-27-29)17-26-25(31)20-8-4-9-23(16-20)32-18-19-6-2-1-3-7-19/h1-16H,17-18H2,(H,26,31)(H,28,30).